The fourth-order valence-electron chi connectivity index (χ4n) is 2.31. The van der Waals surface area contributed by atoms with Crippen LogP contribution in [0.25, 0.3) is 5.69 Å². The molecule has 0 aliphatic heterocycles. The van der Waals surface area contributed by atoms with Gasteiger partial charge in [-0.3, -0.25) is 4.79 Å². The van der Waals surface area contributed by atoms with Gasteiger partial charge in [-0.05, 0) is 50.2 Å². The molecular formula is C20H20N4O2. The van der Waals surface area contributed by atoms with Crippen molar-refractivity contribution in [1.82, 2.24) is 15.2 Å². The van der Waals surface area contributed by atoms with E-state index in [4.69, 9.17) is 4.74 Å². The average molecular weight is 348 g/mol. The maximum absolute atomic E-state index is 12.1. The van der Waals surface area contributed by atoms with E-state index >= 15 is 0 Å². The van der Waals surface area contributed by atoms with E-state index in [1.807, 2.05) is 50.4 Å². The average Bonchev–Trinajstić information content (AvgIpc) is 3.11. The topological polar surface area (TPSA) is 68.5 Å². The molecule has 3 aromatic rings. The molecule has 0 spiro atoms. The van der Waals surface area contributed by atoms with Crippen LogP contribution in [0.1, 0.15) is 29.8 Å². The highest BCUT2D eigenvalue weighted by molar-refractivity contribution is 5.94. The van der Waals surface area contributed by atoms with Crippen LogP contribution in [0.5, 0.6) is 5.75 Å². The lowest BCUT2D eigenvalue weighted by Gasteiger charge is -2.09. The number of hydrogen-bond donors (Lipinski definition) is 1. The number of hydrazone groups is 1. The summed E-state index contributed by atoms with van der Waals surface area (Å²) in [5, 5.41) is 8.26. The number of nitrogens with one attached hydrogen (secondary N) is 1. The molecule has 6 nitrogen and oxygen atoms in total. The number of amides is 1. The Labute approximate surface area is 152 Å². The maximum Gasteiger partial charge on any atom is 0.271 e. The summed E-state index contributed by atoms with van der Waals surface area (Å²) in [6.45, 7) is 3.91. The van der Waals surface area contributed by atoms with E-state index in [0.29, 0.717) is 5.56 Å². The summed E-state index contributed by atoms with van der Waals surface area (Å²) in [5.74, 6) is 0.446. The van der Waals surface area contributed by atoms with Gasteiger partial charge < -0.3 is 4.74 Å². The maximum atomic E-state index is 12.1. The van der Waals surface area contributed by atoms with Crippen LogP contribution >= 0.6 is 0 Å². The molecule has 1 heterocycles. The molecule has 0 saturated heterocycles. The summed E-state index contributed by atoms with van der Waals surface area (Å²) in [5.41, 5.74) is 4.77. The Morgan fingerprint density at radius 3 is 2.58 bits per heavy atom. The predicted octanol–water partition coefficient (Wildman–Crippen LogP) is 3.42. The first kappa shape index (κ1) is 17.4. The Balaban J connectivity index is 1.58. The number of benzene rings is 2. The van der Waals surface area contributed by atoms with Crippen molar-refractivity contribution in [3.8, 4) is 11.4 Å². The second-order valence-electron chi connectivity index (χ2n) is 5.94. The smallest absolute Gasteiger partial charge is 0.271 e. The number of rotatable bonds is 6. The van der Waals surface area contributed by atoms with Gasteiger partial charge in [0.15, 0.2) is 0 Å². The number of nitrogens with zero attached hydrogens (tertiary/aromatic N) is 3. The Morgan fingerprint density at radius 1 is 1.15 bits per heavy atom. The van der Waals surface area contributed by atoms with Gasteiger partial charge >= 0.3 is 0 Å². The molecule has 0 saturated carbocycles. The summed E-state index contributed by atoms with van der Waals surface area (Å²) in [7, 11) is 0. The molecule has 1 aromatic heterocycles. The van der Waals surface area contributed by atoms with Crippen molar-refractivity contribution in [3.05, 3.63) is 78.1 Å². The molecule has 1 N–H and O–H groups in total. The van der Waals surface area contributed by atoms with Crippen molar-refractivity contribution in [3.63, 3.8) is 0 Å². The molecule has 3 rings (SSSR count). The molecular weight excluding hydrogens is 328 g/mol. The van der Waals surface area contributed by atoms with Crippen molar-refractivity contribution in [2.45, 2.75) is 20.0 Å². The Bertz CT molecular complexity index is 884. The van der Waals surface area contributed by atoms with Gasteiger partial charge in [-0.25, -0.2) is 10.1 Å². The minimum Gasteiger partial charge on any atom is -0.491 e. The number of carbonyl (C=O) groups is 1. The van der Waals surface area contributed by atoms with Crippen molar-refractivity contribution in [2.24, 2.45) is 5.10 Å². The number of hydrogen-bond acceptors (Lipinski definition) is 4. The van der Waals surface area contributed by atoms with Gasteiger partial charge in [-0.1, -0.05) is 18.2 Å². The van der Waals surface area contributed by atoms with Crippen LogP contribution in [0.2, 0.25) is 0 Å². The van der Waals surface area contributed by atoms with E-state index in [9.17, 15) is 4.79 Å². The number of carbonyl (C=O) groups excluding carboxylic acids is 1. The van der Waals surface area contributed by atoms with Crippen LogP contribution in [-0.2, 0) is 0 Å². The third-order valence-corrected chi connectivity index (χ3v) is 3.49. The van der Waals surface area contributed by atoms with Crippen molar-refractivity contribution in [2.75, 3.05) is 0 Å². The minimum atomic E-state index is -0.284. The molecule has 0 bridgehead atoms. The third-order valence-electron chi connectivity index (χ3n) is 3.49. The minimum absolute atomic E-state index is 0.0936. The van der Waals surface area contributed by atoms with Crippen LogP contribution in [0.3, 0.4) is 0 Å². The zero-order valence-electron chi connectivity index (χ0n) is 14.7. The Hall–Kier alpha value is -3.41. The van der Waals surface area contributed by atoms with Gasteiger partial charge in [0, 0.05) is 17.3 Å². The predicted molar refractivity (Wildman–Crippen MR) is 101 cm³/mol. The molecule has 0 aliphatic carbocycles. The summed E-state index contributed by atoms with van der Waals surface area (Å²) in [4.78, 5) is 12.1. The normalized spacial score (nSPS) is 11.0. The Kier molecular flexibility index (Phi) is 5.43. The molecule has 6 heteroatoms. The summed E-state index contributed by atoms with van der Waals surface area (Å²) >= 11 is 0. The first-order valence-electron chi connectivity index (χ1n) is 8.32. The number of para-hydroxylation sites is 1. The standard InChI is InChI=1S/C20H20N4O2/c1-15(2)26-19-10-8-17(9-11-19)20(25)23-21-12-16-13-22-24(14-16)18-6-4-3-5-7-18/h3-15H,1-2H3,(H,23,25)/b21-12-. The Morgan fingerprint density at radius 2 is 1.88 bits per heavy atom. The highest BCUT2D eigenvalue weighted by atomic mass is 16.5. The summed E-state index contributed by atoms with van der Waals surface area (Å²) < 4.78 is 7.30. The van der Waals surface area contributed by atoms with Crippen molar-refractivity contribution in [1.29, 1.82) is 0 Å². The molecule has 26 heavy (non-hydrogen) atoms. The highest BCUT2D eigenvalue weighted by Gasteiger charge is 2.05. The molecule has 0 fully saturated rings. The fourth-order valence-corrected chi connectivity index (χ4v) is 2.31. The van der Waals surface area contributed by atoms with Crippen molar-refractivity contribution >= 4 is 12.1 Å². The van der Waals surface area contributed by atoms with E-state index in [0.717, 1.165) is 17.0 Å². The molecule has 132 valence electrons. The lowest BCUT2D eigenvalue weighted by molar-refractivity contribution is 0.0955. The molecule has 0 radical (unpaired) electrons. The highest BCUT2D eigenvalue weighted by Crippen LogP contribution is 2.13. The van der Waals surface area contributed by atoms with Gasteiger partial charge in [-0.2, -0.15) is 10.2 Å². The fraction of sp³-hybridized carbons (Fsp3) is 0.150. The second-order valence-corrected chi connectivity index (χ2v) is 5.94. The van der Waals surface area contributed by atoms with E-state index in [1.54, 1.807) is 41.4 Å². The summed E-state index contributed by atoms with van der Waals surface area (Å²) in [6.07, 6.45) is 5.17. The van der Waals surface area contributed by atoms with Crippen LogP contribution < -0.4 is 10.2 Å². The second kappa shape index (κ2) is 8.11. The van der Waals surface area contributed by atoms with Crippen LogP contribution in [0.4, 0.5) is 0 Å². The van der Waals surface area contributed by atoms with Crippen LogP contribution in [0, 0.1) is 0 Å². The zero-order valence-corrected chi connectivity index (χ0v) is 14.7. The first-order chi connectivity index (χ1) is 12.6. The SMILES string of the molecule is CC(C)Oc1ccc(C(=O)N/N=C\c2cnn(-c3ccccc3)c2)cc1. The van der Waals surface area contributed by atoms with Crippen LogP contribution in [0.15, 0.2) is 72.1 Å². The summed E-state index contributed by atoms with van der Waals surface area (Å²) in [6, 6.07) is 16.7. The van der Waals surface area contributed by atoms with Crippen LogP contribution in [-0.4, -0.2) is 28.0 Å². The first-order valence-corrected chi connectivity index (χ1v) is 8.32. The van der Waals surface area contributed by atoms with Gasteiger partial charge in [0.2, 0.25) is 0 Å². The molecule has 0 unspecified atom stereocenters. The van der Waals surface area contributed by atoms with E-state index in [1.165, 1.54) is 0 Å². The van der Waals surface area contributed by atoms with Gasteiger partial charge in [-0.15, -0.1) is 0 Å². The van der Waals surface area contributed by atoms with Crippen molar-refractivity contribution < 1.29 is 9.53 Å². The number of aromatic nitrogens is 2. The molecule has 0 atom stereocenters. The lowest BCUT2D eigenvalue weighted by Crippen LogP contribution is -2.17. The van der Waals surface area contributed by atoms with Gasteiger partial charge in [0.25, 0.3) is 5.91 Å². The van der Waals surface area contributed by atoms with E-state index in [2.05, 4.69) is 15.6 Å². The monoisotopic (exact) mass is 348 g/mol. The van der Waals surface area contributed by atoms with E-state index in [-0.39, 0.29) is 12.0 Å². The molecule has 1 amide bonds. The van der Waals surface area contributed by atoms with E-state index < -0.39 is 0 Å². The zero-order chi connectivity index (χ0) is 18.4. The quantitative estimate of drug-likeness (QED) is 0.548. The molecule has 0 aliphatic rings. The van der Waals surface area contributed by atoms with Gasteiger partial charge in [0.1, 0.15) is 5.75 Å². The number of ether oxygens (including phenoxy) is 1. The molecule has 2 aromatic carbocycles. The van der Waals surface area contributed by atoms with Gasteiger partial charge in [0.05, 0.1) is 24.2 Å². The largest absolute Gasteiger partial charge is 0.491 e. The lowest BCUT2D eigenvalue weighted by atomic mass is 10.2. The third kappa shape index (κ3) is 4.57.